The average molecular weight is 231 g/mol. The van der Waals surface area contributed by atoms with Crippen molar-refractivity contribution < 1.29 is 9.90 Å². The Morgan fingerprint density at radius 3 is 2.76 bits per heavy atom. The number of rotatable bonds is 3. The van der Waals surface area contributed by atoms with Crippen LogP contribution in [0.2, 0.25) is 0 Å². The number of hydrogen-bond acceptors (Lipinski definition) is 2. The molecule has 0 radical (unpaired) electrons. The minimum Gasteiger partial charge on any atom is -0.481 e. The summed E-state index contributed by atoms with van der Waals surface area (Å²) in [6.07, 6.45) is 0.250. The first-order valence-electron chi connectivity index (χ1n) is 5.39. The van der Waals surface area contributed by atoms with Gasteiger partial charge in [0.15, 0.2) is 0 Å². The minimum absolute atomic E-state index is 0.0203. The van der Waals surface area contributed by atoms with Crippen LogP contribution in [0.3, 0.4) is 0 Å². The van der Waals surface area contributed by atoms with E-state index in [1.165, 1.54) is 0 Å². The average Bonchev–Trinajstić information content (AvgIpc) is 2.32. The number of benzene rings is 1. The molecule has 0 fully saturated rings. The SMILES string of the molecule is Cn1c(=O)c(CCC(=O)O)cc2ccccc21. The zero-order chi connectivity index (χ0) is 12.4. The van der Waals surface area contributed by atoms with Crippen molar-refractivity contribution in [2.24, 2.45) is 7.05 Å². The fourth-order valence-corrected chi connectivity index (χ4v) is 1.91. The van der Waals surface area contributed by atoms with Gasteiger partial charge in [0.2, 0.25) is 0 Å². The standard InChI is InChI=1S/C13H13NO3/c1-14-11-5-3-2-4-9(11)8-10(13(14)17)6-7-12(15)16/h2-5,8H,6-7H2,1H3,(H,15,16). The Morgan fingerprint density at radius 2 is 2.06 bits per heavy atom. The summed E-state index contributed by atoms with van der Waals surface area (Å²) >= 11 is 0. The number of hydrogen-bond donors (Lipinski definition) is 1. The summed E-state index contributed by atoms with van der Waals surface area (Å²) in [7, 11) is 1.70. The summed E-state index contributed by atoms with van der Waals surface area (Å²) in [5.74, 6) is -0.889. The molecule has 0 amide bonds. The van der Waals surface area contributed by atoms with Crippen molar-refractivity contribution in [1.82, 2.24) is 4.57 Å². The second-order valence-electron chi connectivity index (χ2n) is 3.99. The fraction of sp³-hybridized carbons (Fsp3) is 0.231. The molecule has 0 aliphatic heterocycles. The number of carboxylic acid groups (broad SMARTS) is 1. The van der Waals surface area contributed by atoms with Crippen molar-refractivity contribution >= 4 is 16.9 Å². The van der Waals surface area contributed by atoms with Crippen LogP contribution in [0.5, 0.6) is 0 Å². The molecule has 0 saturated heterocycles. The number of para-hydroxylation sites is 1. The van der Waals surface area contributed by atoms with Crippen molar-refractivity contribution in [3.05, 3.63) is 46.2 Å². The molecule has 0 bridgehead atoms. The van der Waals surface area contributed by atoms with Gasteiger partial charge in [-0.25, -0.2) is 0 Å². The summed E-state index contributed by atoms with van der Waals surface area (Å²) < 4.78 is 1.56. The summed E-state index contributed by atoms with van der Waals surface area (Å²) in [5.41, 5.74) is 1.29. The molecule has 4 heteroatoms. The summed E-state index contributed by atoms with van der Waals surface area (Å²) in [4.78, 5) is 22.5. The molecule has 1 heterocycles. The second-order valence-corrected chi connectivity index (χ2v) is 3.99. The van der Waals surface area contributed by atoms with Crippen molar-refractivity contribution in [2.75, 3.05) is 0 Å². The third-order valence-electron chi connectivity index (χ3n) is 2.82. The van der Waals surface area contributed by atoms with Crippen molar-refractivity contribution in [1.29, 1.82) is 0 Å². The van der Waals surface area contributed by atoms with Crippen LogP contribution in [-0.2, 0) is 18.3 Å². The normalized spacial score (nSPS) is 10.6. The number of aryl methyl sites for hydroxylation is 2. The highest BCUT2D eigenvalue weighted by molar-refractivity contribution is 5.79. The van der Waals surface area contributed by atoms with E-state index in [9.17, 15) is 9.59 Å². The van der Waals surface area contributed by atoms with E-state index in [1.54, 1.807) is 17.7 Å². The third kappa shape index (κ3) is 2.20. The maximum atomic E-state index is 12.0. The molecule has 0 aliphatic rings. The number of aliphatic carboxylic acids is 1. The lowest BCUT2D eigenvalue weighted by atomic mass is 10.1. The molecule has 4 nitrogen and oxygen atoms in total. The molecule has 0 aliphatic carbocycles. The number of pyridine rings is 1. The molecular weight excluding hydrogens is 218 g/mol. The van der Waals surface area contributed by atoms with Gasteiger partial charge in [0, 0.05) is 19.0 Å². The lowest BCUT2D eigenvalue weighted by Crippen LogP contribution is -2.21. The highest BCUT2D eigenvalue weighted by Gasteiger charge is 2.07. The minimum atomic E-state index is -0.889. The van der Waals surface area contributed by atoms with Gasteiger partial charge in [0.1, 0.15) is 0 Å². The lowest BCUT2D eigenvalue weighted by molar-refractivity contribution is -0.136. The molecule has 1 N–H and O–H groups in total. The first kappa shape index (κ1) is 11.4. The first-order chi connectivity index (χ1) is 8.09. The number of carboxylic acids is 1. The summed E-state index contributed by atoms with van der Waals surface area (Å²) in [5, 5.41) is 9.59. The van der Waals surface area contributed by atoms with Crippen LogP contribution < -0.4 is 5.56 Å². The predicted molar refractivity (Wildman–Crippen MR) is 65.1 cm³/mol. The molecule has 0 unspecified atom stereocenters. The smallest absolute Gasteiger partial charge is 0.303 e. The van der Waals surface area contributed by atoms with Crippen LogP contribution in [-0.4, -0.2) is 15.6 Å². The van der Waals surface area contributed by atoms with E-state index in [0.29, 0.717) is 5.56 Å². The molecule has 2 rings (SSSR count). The van der Waals surface area contributed by atoms with Gasteiger partial charge in [-0.1, -0.05) is 18.2 Å². The molecule has 88 valence electrons. The number of fused-ring (bicyclic) bond motifs is 1. The first-order valence-corrected chi connectivity index (χ1v) is 5.39. The molecule has 17 heavy (non-hydrogen) atoms. The lowest BCUT2D eigenvalue weighted by Gasteiger charge is -2.07. The van der Waals surface area contributed by atoms with Crippen molar-refractivity contribution in [3.8, 4) is 0 Å². The van der Waals surface area contributed by atoms with E-state index >= 15 is 0 Å². The molecule has 0 spiro atoms. The van der Waals surface area contributed by atoms with Gasteiger partial charge in [-0.2, -0.15) is 0 Å². The Kier molecular flexibility index (Phi) is 2.95. The highest BCUT2D eigenvalue weighted by Crippen LogP contribution is 2.13. The van der Waals surface area contributed by atoms with E-state index in [0.717, 1.165) is 10.9 Å². The molecule has 2 aromatic rings. The zero-order valence-electron chi connectivity index (χ0n) is 9.51. The van der Waals surface area contributed by atoms with Gasteiger partial charge in [-0.3, -0.25) is 9.59 Å². The van der Waals surface area contributed by atoms with Crippen LogP contribution >= 0.6 is 0 Å². The summed E-state index contributed by atoms with van der Waals surface area (Å²) in [6, 6.07) is 9.34. The number of carbonyl (C=O) groups is 1. The van der Waals surface area contributed by atoms with Crippen LogP contribution in [0.15, 0.2) is 35.1 Å². The predicted octanol–water partition coefficient (Wildman–Crippen LogP) is 1.56. The van der Waals surface area contributed by atoms with Gasteiger partial charge in [-0.15, -0.1) is 0 Å². The van der Waals surface area contributed by atoms with E-state index in [1.807, 2.05) is 24.3 Å². The molecule has 1 aromatic heterocycles. The van der Waals surface area contributed by atoms with Crippen LogP contribution in [0.1, 0.15) is 12.0 Å². The fourth-order valence-electron chi connectivity index (χ4n) is 1.91. The summed E-state index contributed by atoms with van der Waals surface area (Å²) in [6.45, 7) is 0. The van der Waals surface area contributed by atoms with Crippen LogP contribution in [0.4, 0.5) is 0 Å². The molecule has 0 saturated carbocycles. The highest BCUT2D eigenvalue weighted by atomic mass is 16.4. The van der Waals surface area contributed by atoms with Gasteiger partial charge >= 0.3 is 5.97 Å². The maximum Gasteiger partial charge on any atom is 0.303 e. The molecular formula is C13H13NO3. The van der Waals surface area contributed by atoms with Crippen molar-refractivity contribution in [2.45, 2.75) is 12.8 Å². The number of aromatic nitrogens is 1. The monoisotopic (exact) mass is 231 g/mol. The van der Waals surface area contributed by atoms with E-state index < -0.39 is 5.97 Å². The molecule has 1 aromatic carbocycles. The topological polar surface area (TPSA) is 59.3 Å². The van der Waals surface area contributed by atoms with Gasteiger partial charge in [0.05, 0.1) is 5.52 Å². The Balaban J connectivity index is 2.54. The largest absolute Gasteiger partial charge is 0.481 e. The molecule has 0 atom stereocenters. The third-order valence-corrected chi connectivity index (χ3v) is 2.82. The number of nitrogens with zero attached hydrogens (tertiary/aromatic N) is 1. The van der Waals surface area contributed by atoms with E-state index in [2.05, 4.69) is 0 Å². The maximum absolute atomic E-state index is 12.0. The van der Waals surface area contributed by atoms with E-state index in [-0.39, 0.29) is 18.4 Å². The van der Waals surface area contributed by atoms with E-state index in [4.69, 9.17) is 5.11 Å². The zero-order valence-corrected chi connectivity index (χ0v) is 9.51. The van der Waals surface area contributed by atoms with Crippen molar-refractivity contribution in [3.63, 3.8) is 0 Å². The van der Waals surface area contributed by atoms with Gasteiger partial charge in [0.25, 0.3) is 5.56 Å². The Labute approximate surface area is 98.1 Å². The quantitative estimate of drug-likeness (QED) is 0.872. The van der Waals surface area contributed by atoms with Gasteiger partial charge in [-0.05, 0) is 23.9 Å². The van der Waals surface area contributed by atoms with Crippen LogP contribution in [0, 0.1) is 0 Å². The Morgan fingerprint density at radius 1 is 1.35 bits per heavy atom. The Bertz CT molecular complexity index is 628. The second kappa shape index (κ2) is 4.41. The van der Waals surface area contributed by atoms with Gasteiger partial charge < -0.3 is 9.67 Å². The van der Waals surface area contributed by atoms with Crippen LogP contribution in [0.25, 0.3) is 10.9 Å². The Hall–Kier alpha value is -2.10.